The van der Waals surface area contributed by atoms with E-state index in [1.165, 1.54) is 39.0 Å². The fourth-order valence-corrected chi connectivity index (χ4v) is 4.66. The van der Waals surface area contributed by atoms with Crippen molar-refractivity contribution in [2.75, 3.05) is 5.32 Å². The van der Waals surface area contributed by atoms with Crippen molar-refractivity contribution in [3.63, 3.8) is 0 Å². The lowest BCUT2D eigenvalue weighted by molar-refractivity contribution is 0.103. The van der Waals surface area contributed by atoms with Gasteiger partial charge in [0.25, 0.3) is 5.91 Å². The molecule has 1 N–H and O–H groups in total. The number of hydrogen-bond acceptors (Lipinski definition) is 4. The second-order valence-corrected chi connectivity index (χ2v) is 7.28. The number of benzene rings is 2. The van der Waals surface area contributed by atoms with Crippen molar-refractivity contribution in [3.8, 4) is 21.7 Å². The van der Waals surface area contributed by atoms with Crippen LogP contribution in [0.5, 0.6) is 0 Å². The van der Waals surface area contributed by atoms with Gasteiger partial charge in [-0.05, 0) is 22.2 Å². The fourth-order valence-electron chi connectivity index (χ4n) is 3.03. The molecule has 2 heterocycles. The van der Waals surface area contributed by atoms with Gasteiger partial charge in [0, 0.05) is 11.1 Å². The molecule has 1 aliphatic rings. The molecule has 0 radical (unpaired) electrons. The van der Waals surface area contributed by atoms with E-state index in [1.807, 2.05) is 17.5 Å². The number of nitrogens with one attached hydrogen (secondary N) is 1. The SMILES string of the molecule is O=C(Nc1nc2c(s1)-c1cccc3cccc-2c13)c1cccs1. The first-order valence-corrected chi connectivity index (χ1v) is 8.89. The molecule has 1 aliphatic carbocycles. The highest BCUT2D eigenvalue weighted by molar-refractivity contribution is 7.20. The lowest BCUT2D eigenvalue weighted by atomic mass is 10.0. The summed E-state index contributed by atoms with van der Waals surface area (Å²) in [5, 5.41) is 7.96. The minimum Gasteiger partial charge on any atom is -0.297 e. The predicted octanol–water partition coefficient (Wildman–Crippen LogP) is 5.26. The Labute approximate surface area is 140 Å². The molecule has 0 saturated carbocycles. The molecule has 2 aromatic heterocycles. The Kier molecular flexibility index (Phi) is 2.68. The maximum absolute atomic E-state index is 12.2. The van der Waals surface area contributed by atoms with Gasteiger partial charge in [-0.2, -0.15) is 0 Å². The normalized spacial score (nSPS) is 11.7. The highest BCUT2D eigenvalue weighted by Crippen LogP contribution is 2.50. The number of hydrogen-bond donors (Lipinski definition) is 1. The molecule has 1 amide bonds. The van der Waals surface area contributed by atoms with Crippen molar-refractivity contribution in [1.29, 1.82) is 0 Å². The number of thiazole rings is 1. The molecule has 0 saturated heterocycles. The molecule has 0 spiro atoms. The van der Waals surface area contributed by atoms with Crippen LogP contribution in [-0.2, 0) is 0 Å². The zero-order chi connectivity index (χ0) is 15.4. The third kappa shape index (κ3) is 1.87. The minimum absolute atomic E-state index is 0.0982. The van der Waals surface area contributed by atoms with E-state index < -0.39 is 0 Å². The van der Waals surface area contributed by atoms with E-state index in [2.05, 4.69) is 46.7 Å². The van der Waals surface area contributed by atoms with Crippen LogP contribution in [0.2, 0.25) is 0 Å². The molecule has 0 aliphatic heterocycles. The molecule has 4 aromatic rings. The van der Waals surface area contributed by atoms with Gasteiger partial charge in [0.2, 0.25) is 0 Å². The van der Waals surface area contributed by atoms with Crippen LogP contribution < -0.4 is 5.32 Å². The summed E-state index contributed by atoms with van der Waals surface area (Å²) >= 11 is 2.97. The Morgan fingerprint density at radius 1 is 1.00 bits per heavy atom. The van der Waals surface area contributed by atoms with Crippen molar-refractivity contribution < 1.29 is 4.79 Å². The molecule has 0 unspecified atom stereocenters. The first-order chi connectivity index (χ1) is 11.3. The van der Waals surface area contributed by atoms with Gasteiger partial charge in [0.05, 0.1) is 15.4 Å². The van der Waals surface area contributed by atoms with Crippen molar-refractivity contribution in [1.82, 2.24) is 4.98 Å². The molecular formula is C18H10N2OS2. The highest BCUT2D eigenvalue weighted by Gasteiger charge is 2.26. The Morgan fingerprint density at radius 3 is 2.61 bits per heavy atom. The number of amides is 1. The standard InChI is InChI=1S/C18H10N2OS2/c21-17(13-8-3-9-22-13)20-18-19-15-11-6-1-4-10-5-2-7-12(14(10)11)16(15)23-18/h1-9H,(H,19,20,21). The topological polar surface area (TPSA) is 42.0 Å². The minimum atomic E-state index is -0.0982. The van der Waals surface area contributed by atoms with Gasteiger partial charge < -0.3 is 0 Å². The van der Waals surface area contributed by atoms with Gasteiger partial charge in [-0.25, -0.2) is 4.98 Å². The van der Waals surface area contributed by atoms with Crippen molar-refractivity contribution in [2.24, 2.45) is 0 Å². The number of fused-ring (bicyclic) bond motifs is 3. The van der Waals surface area contributed by atoms with E-state index >= 15 is 0 Å². The maximum Gasteiger partial charge on any atom is 0.267 e. The van der Waals surface area contributed by atoms with E-state index in [1.54, 1.807) is 0 Å². The van der Waals surface area contributed by atoms with E-state index in [4.69, 9.17) is 0 Å². The van der Waals surface area contributed by atoms with Gasteiger partial charge >= 0.3 is 0 Å². The van der Waals surface area contributed by atoms with Crippen LogP contribution in [0.25, 0.3) is 32.5 Å². The lowest BCUT2D eigenvalue weighted by Crippen LogP contribution is -2.09. The summed E-state index contributed by atoms with van der Waals surface area (Å²) in [4.78, 5) is 18.7. The molecule has 3 nitrogen and oxygen atoms in total. The number of anilines is 1. The third-order valence-corrected chi connectivity index (χ3v) is 5.87. The molecule has 5 rings (SSSR count). The highest BCUT2D eigenvalue weighted by atomic mass is 32.1. The smallest absolute Gasteiger partial charge is 0.267 e. The van der Waals surface area contributed by atoms with Crippen LogP contribution in [0.15, 0.2) is 53.9 Å². The van der Waals surface area contributed by atoms with Gasteiger partial charge in [-0.15, -0.1) is 11.3 Å². The third-order valence-electron chi connectivity index (χ3n) is 4.00. The zero-order valence-electron chi connectivity index (χ0n) is 11.9. The number of rotatable bonds is 2. The summed E-state index contributed by atoms with van der Waals surface area (Å²) in [6, 6.07) is 16.3. The van der Waals surface area contributed by atoms with E-state index in [0.29, 0.717) is 10.0 Å². The van der Waals surface area contributed by atoms with Crippen LogP contribution in [0.1, 0.15) is 9.67 Å². The Bertz CT molecular complexity index is 1010. The van der Waals surface area contributed by atoms with Gasteiger partial charge in [0.15, 0.2) is 5.13 Å². The van der Waals surface area contributed by atoms with Gasteiger partial charge in [-0.3, -0.25) is 10.1 Å². The van der Waals surface area contributed by atoms with E-state index in [0.717, 1.165) is 16.1 Å². The van der Waals surface area contributed by atoms with E-state index in [9.17, 15) is 4.79 Å². The summed E-state index contributed by atoms with van der Waals surface area (Å²) < 4.78 is 0. The average molecular weight is 334 g/mol. The van der Waals surface area contributed by atoms with Crippen LogP contribution >= 0.6 is 22.7 Å². The number of carbonyl (C=O) groups excluding carboxylic acids is 1. The summed E-state index contributed by atoms with van der Waals surface area (Å²) in [5.74, 6) is -0.0982. The predicted molar refractivity (Wildman–Crippen MR) is 96.3 cm³/mol. The molecule has 23 heavy (non-hydrogen) atoms. The van der Waals surface area contributed by atoms with E-state index in [-0.39, 0.29) is 5.91 Å². The monoisotopic (exact) mass is 334 g/mol. The Hall–Kier alpha value is -2.50. The molecular weight excluding hydrogens is 324 g/mol. The van der Waals surface area contributed by atoms with Crippen LogP contribution in [0.4, 0.5) is 5.13 Å². The first-order valence-electron chi connectivity index (χ1n) is 7.19. The molecule has 110 valence electrons. The second kappa shape index (κ2) is 4.75. The zero-order valence-corrected chi connectivity index (χ0v) is 13.5. The largest absolute Gasteiger partial charge is 0.297 e. The quantitative estimate of drug-likeness (QED) is 0.478. The molecule has 0 fully saturated rings. The molecule has 2 aromatic carbocycles. The van der Waals surface area contributed by atoms with Gasteiger partial charge in [-0.1, -0.05) is 53.8 Å². The number of carbonyl (C=O) groups is 1. The lowest BCUT2D eigenvalue weighted by Gasteiger charge is -2.02. The van der Waals surface area contributed by atoms with Crippen LogP contribution in [-0.4, -0.2) is 10.9 Å². The van der Waals surface area contributed by atoms with Crippen LogP contribution in [0.3, 0.4) is 0 Å². The Balaban J connectivity index is 1.59. The maximum atomic E-state index is 12.2. The summed E-state index contributed by atoms with van der Waals surface area (Å²) in [6.07, 6.45) is 0. The molecule has 0 atom stereocenters. The summed E-state index contributed by atoms with van der Waals surface area (Å²) in [7, 11) is 0. The fraction of sp³-hybridized carbons (Fsp3) is 0. The van der Waals surface area contributed by atoms with Crippen molar-refractivity contribution in [3.05, 3.63) is 58.8 Å². The summed E-state index contributed by atoms with van der Waals surface area (Å²) in [6.45, 7) is 0. The second-order valence-electron chi connectivity index (χ2n) is 5.34. The Morgan fingerprint density at radius 2 is 1.83 bits per heavy atom. The van der Waals surface area contributed by atoms with Crippen LogP contribution in [0, 0.1) is 0 Å². The molecule has 0 bridgehead atoms. The van der Waals surface area contributed by atoms with Crippen molar-refractivity contribution >= 4 is 44.5 Å². The summed E-state index contributed by atoms with van der Waals surface area (Å²) in [5.41, 5.74) is 3.34. The van der Waals surface area contributed by atoms with Crippen molar-refractivity contribution in [2.45, 2.75) is 0 Å². The number of nitrogens with zero attached hydrogens (tertiary/aromatic N) is 1. The first kappa shape index (κ1) is 13.0. The van der Waals surface area contributed by atoms with Gasteiger partial charge in [0.1, 0.15) is 0 Å². The number of thiophene rings is 1. The molecule has 5 heteroatoms. The number of aromatic nitrogens is 1. The average Bonchev–Trinajstić information content (AvgIpc) is 3.27.